The summed E-state index contributed by atoms with van der Waals surface area (Å²) in [5, 5.41) is 4.17. The minimum atomic E-state index is -0.0921. The zero-order valence-electron chi connectivity index (χ0n) is 8.52. The highest BCUT2D eigenvalue weighted by molar-refractivity contribution is 14.1. The Hall–Kier alpha value is -0.380. The van der Waals surface area contributed by atoms with Crippen LogP contribution >= 0.6 is 45.5 Å². The van der Waals surface area contributed by atoms with Gasteiger partial charge in [-0.15, -0.1) is 5.10 Å². The summed E-state index contributed by atoms with van der Waals surface area (Å²) in [5.74, 6) is 0. The van der Waals surface area contributed by atoms with E-state index >= 15 is 0 Å². The third kappa shape index (κ3) is 2.47. The molecule has 0 spiro atoms. The molecule has 6 heteroatoms. The van der Waals surface area contributed by atoms with Gasteiger partial charge in [0.15, 0.2) is 0 Å². The minimum Gasteiger partial charge on any atom is -0.245 e. The molecule has 0 radical (unpaired) electrons. The molecule has 16 heavy (non-hydrogen) atoms. The number of halogens is 2. The second kappa shape index (κ2) is 4.86. The SMILES string of the molecule is Cc1ccc(Cn2nc(I)n(I)c2=O)cc1. The monoisotopic (exact) mass is 441 g/mol. The number of benzene rings is 1. The summed E-state index contributed by atoms with van der Waals surface area (Å²) in [4.78, 5) is 11.7. The normalized spacial score (nSPS) is 10.7. The summed E-state index contributed by atoms with van der Waals surface area (Å²) in [5.41, 5.74) is 2.20. The van der Waals surface area contributed by atoms with Gasteiger partial charge < -0.3 is 0 Å². The third-order valence-electron chi connectivity index (χ3n) is 2.21. The molecule has 4 nitrogen and oxygen atoms in total. The largest absolute Gasteiger partial charge is 0.355 e. The molecule has 0 N–H and O–H groups in total. The Morgan fingerprint density at radius 3 is 2.44 bits per heavy atom. The first kappa shape index (κ1) is 12.1. The van der Waals surface area contributed by atoms with Crippen molar-refractivity contribution < 1.29 is 0 Å². The van der Waals surface area contributed by atoms with Crippen molar-refractivity contribution in [1.82, 2.24) is 12.6 Å². The van der Waals surface area contributed by atoms with Gasteiger partial charge in [0.2, 0.25) is 3.83 Å². The van der Waals surface area contributed by atoms with Crippen molar-refractivity contribution in [2.45, 2.75) is 13.5 Å². The van der Waals surface area contributed by atoms with Gasteiger partial charge in [-0.1, -0.05) is 29.8 Å². The molecular weight excluding hydrogens is 432 g/mol. The molecule has 2 rings (SSSR count). The Balaban J connectivity index is 2.30. The lowest BCUT2D eigenvalue weighted by atomic mass is 10.1. The number of hydrogen-bond donors (Lipinski definition) is 0. The van der Waals surface area contributed by atoms with Gasteiger partial charge in [0.25, 0.3) is 0 Å². The van der Waals surface area contributed by atoms with Crippen molar-refractivity contribution in [2.24, 2.45) is 0 Å². The lowest BCUT2D eigenvalue weighted by Crippen LogP contribution is -2.21. The zero-order valence-corrected chi connectivity index (χ0v) is 12.8. The standard InChI is InChI=1S/C10H9I2N3O/c1-7-2-4-8(5-3-7)6-14-10(16)15(12)9(11)13-14/h2-5H,6H2,1H3. The van der Waals surface area contributed by atoms with Crippen molar-refractivity contribution >= 4 is 45.5 Å². The van der Waals surface area contributed by atoms with Crippen LogP contribution in [0.25, 0.3) is 0 Å². The van der Waals surface area contributed by atoms with Crippen molar-refractivity contribution in [3.8, 4) is 0 Å². The number of hydrogen-bond acceptors (Lipinski definition) is 2. The van der Waals surface area contributed by atoms with E-state index < -0.39 is 0 Å². The quantitative estimate of drug-likeness (QED) is 0.672. The number of nitrogens with zero attached hydrogens (tertiary/aromatic N) is 3. The van der Waals surface area contributed by atoms with Gasteiger partial charge in [0.1, 0.15) is 0 Å². The molecule has 0 aliphatic heterocycles. The molecule has 1 aromatic heterocycles. The van der Waals surface area contributed by atoms with Crippen molar-refractivity contribution in [3.05, 3.63) is 49.7 Å². The summed E-state index contributed by atoms with van der Waals surface area (Å²) in [6.45, 7) is 2.56. The van der Waals surface area contributed by atoms with Gasteiger partial charge >= 0.3 is 5.69 Å². The molecule has 0 aliphatic carbocycles. The van der Waals surface area contributed by atoms with Gasteiger partial charge in [-0.3, -0.25) is 0 Å². The highest BCUT2D eigenvalue weighted by Gasteiger charge is 2.08. The van der Waals surface area contributed by atoms with Crippen LogP contribution in [-0.2, 0) is 6.54 Å². The molecule has 0 aliphatic rings. The van der Waals surface area contributed by atoms with Crippen LogP contribution in [0.1, 0.15) is 11.1 Å². The molecule has 0 fully saturated rings. The fourth-order valence-corrected chi connectivity index (χ4v) is 2.14. The fraction of sp³-hybridized carbons (Fsp3) is 0.200. The van der Waals surface area contributed by atoms with Crippen LogP contribution in [0.4, 0.5) is 0 Å². The molecule has 0 saturated heterocycles. The Bertz CT molecular complexity index is 556. The lowest BCUT2D eigenvalue weighted by molar-refractivity contribution is 0.655. The lowest BCUT2D eigenvalue weighted by Gasteiger charge is -2.00. The molecule has 2 aromatic rings. The Morgan fingerprint density at radius 2 is 1.94 bits per heavy atom. The first-order valence-corrected chi connectivity index (χ1v) is 6.69. The molecule has 1 heterocycles. The number of rotatable bonds is 2. The van der Waals surface area contributed by atoms with Crippen LogP contribution in [-0.4, -0.2) is 12.6 Å². The summed E-state index contributed by atoms with van der Waals surface area (Å²) >= 11 is 3.99. The van der Waals surface area contributed by atoms with E-state index in [1.807, 2.05) is 76.6 Å². The maximum Gasteiger partial charge on any atom is 0.355 e. The Morgan fingerprint density at radius 1 is 1.31 bits per heavy atom. The van der Waals surface area contributed by atoms with Crippen LogP contribution in [0.15, 0.2) is 29.1 Å². The van der Waals surface area contributed by atoms with Crippen LogP contribution in [0, 0.1) is 10.8 Å². The van der Waals surface area contributed by atoms with Crippen LogP contribution in [0.5, 0.6) is 0 Å². The molecule has 0 bridgehead atoms. The summed E-state index contributed by atoms with van der Waals surface area (Å²) in [6.07, 6.45) is 0. The first-order chi connectivity index (χ1) is 7.58. The number of aryl methyl sites for hydroxylation is 1. The highest BCUT2D eigenvalue weighted by atomic mass is 127. The van der Waals surface area contributed by atoms with Crippen LogP contribution in [0.3, 0.4) is 0 Å². The van der Waals surface area contributed by atoms with E-state index in [1.165, 1.54) is 13.0 Å². The van der Waals surface area contributed by atoms with Crippen LogP contribution in [0.2, 0.25) is 0 Å². The molecule has 0 amide bonds. The molecule has 84 valence electrons. The molecule has 0 unspecified atom stereocenters. The number of aromatic nitrogens is 3. The van der Waals surface area contributed by atoms with E-state index in [4.69, 9.17) is 0 Å². The summed E-state index contributed by atoms with van der Waals surface area (Å²) in [7, 11) is 0. The van der Waals surface area contributed by atoms with E-state index in [0.29, 0.717) is 10.4 Å². The van der Waals surface area contributed by atoms with Crippen molar-refractivity contribution in [3.63, 3.8) is 0 Å². The molecule has 0 saturated carbocycles. The third-order valence-corrected chi connectivity index (χ3v) is 4.70. The van der Waals surface area contributed by atoms with E-state index in [-0.39, 0.29) is 5.69 Å². The highest BCUT2D eigenvalue weighted by Crippen LogP contribution is 2.06. The summed E-state index contributed by atoms with van der Waals surface area (Å²) < 4.78 is 3.67. The predicted octanol–water partition coefficient (Wildman–Crippen LogP) is 2.20. The Labute approximate surface area is 120 Å². The van der Waals surface area contributed by atoms with Crippen LogP contribution < -0.4 is 5.69 Å². The topological polar surface area (TPSA) is 39.8 Å². The minimum absolute atomic E-state index is 0.0921. The van der Waals surface area contributed by atoms with Gasteiger partial charge in [0, 0.05) is 22.6 Å². The maximum absolute atomic E-state index is 11.7. The van der Waals surface area contributed by atoms with E-state index in [2.05, 4.69) is 5.10 Å². The van der Waals surface area contributed by atoms with Crippen molar-refractivity contribution in [2.75, 3.05) is 0 Å². The molecule has 0 atom stereocenters. The predicted molar refractivity (Wildman–Crippen MR) is 78.9 cm³/mol. The smallest absolute Gasteiger partial charge is 0.245 e. The van der Waals surface area contributed by atoms with Gasteiger partial charge in [-0.05, 0) is 12.5 Å². The second-order valence-electron chi connectivity index (χ2n) is 3.48. The van der Waals surface area contributed by atoms with Crippen molar-refractivity contribution in [1.29, 1.82) is 0 Å². The molecular formula is C10H9I2N3O. The van der Waals surface area contributed by atoms with E-state index in [9.17, 15) is 4.79 Å². The second-order valence-corrected chi connectivity index (χ2v) is 5.41. The van der Waals surface area contributed by atoms with Gasteiger partial charge in [-0.2, -0.15) is 0 Å². The van der Waals surface area contributed by atoms with E-state index in [0.717, 1.165) is 5.56 Å². The van der Waals surface area contributed by atoms with E-state index in [1.54, 1.807) is 0 Å². The molecule has 1 aromatic carbocycles. The summed E-state index contributed by atoms with van der Waals surface area (Å²) in [6, 6.07) is 8.10. The van der Waals surface area contributed by atoms with Gasteiger partial charge in [-0.25, -0.2) is 12.3 Å². The fourth-order valence-electron chi connectivity index (χ4n) is 1.33. The zero-order chi connectivity index (χ0) is 11.7. The Kier molecular flexibility index (Phi) is 3.67. The average molecular weight is 441 g/mol. The van der Waals surface area contributed by atoms with Gasteiger partial charge in [0.05, 0.1) is 29.4 Å². The maximum atomic E-state index is 11.7. The average Bonchev–Trinajstić information content (AvgIpc) is 2.50. The first-order valence-electron chi connectivity index (χ1n) is 4.65.